The lowest BCUT2D eigenvalue weighted by Crippen LogP contribution is -2.40. The highest BCUT2D eigenvalue weighted by Gasteiger charge is 2.31. The summed E-state index contributed by atoms with van der Waals surface area (Å²) in [5, 5.41) is 0. The molecule has 3 nitrogen and oxygen atoms in total. The third-order valence-electron chi connectivity index (χ3n) is 4.94. The van der Waals surface area contributed by atoms with E-state index in [2.05, 4.69) is 35.9 Å². The van der Waals surface area contributed by atoms with Crippen molar-refractivity contribution in [3.63, 3.8) is 0 Å². The Morgan fingerprint density at radius 1 is 1.26 bits per heavy atom. The zero-order valence-corrected chi connectivity index (χ0v) is 12.5. The molecular weight excluding hydrogens is 234 g/mol. The first kappa shape index (κ1) is 14.3. The lowest BCUT2D eigenvalue weighted by Gasteiger charge is -2.41. The van der Waals surface area contributed by atoms with E-state index in [1.807, 2.05) is 13.1 Å². The molecule has 2 rings (SSSR count). The number of aromatic nitrogens is 1. The molecule has 1 fully saturated rings. The Hall–Kier alpha value is -1.09. The molecule has 1 aliphatic heterocycles. The zero-order chi connectivity index (χ0) is 13.9. The van der Waals surface area contributed by atoms with Gasteiger partial charge in [0.05, 0.1) is 0 Å². The Kier molecular flexibility index (Phi) is 4.46. The van der Waals surface area contributed by atoms with Gasteiger partial charge < -0.3 is 10.6 Å². The van der Waals surface area contributed by atoms with Gasteiger partial charge in [-0.25, -0.2) is 4.98 Å². The molecule has 0 amide bonds. The molecule has 2 N–H and O–H groups in total. The Bertz CT molecular complexity index is 383. The van der Waals surface area contributed by atoms with Crippen molar-refractivity contribution in [3.8, 4) is 0 Å². The molecule has 1 atom stereocenters. The van der Waals surface area contributed by atoms with Crippen molar-refractivity contribution in [2.75, 3.05) is 18.0 Å². The normalized spacial score (nSPS) is 20.3. The molecule has 0 radical (unpaired) electrons. The van der Waals surface area contributed by atoms with Gasteiger partial charge in [-0.2, -0.15) is 0 Å². The van der Waals surface area contributed by atoms with E-state index >= 15 is 0 Å². The summed E-state index contributed by atoms with van der Waals surface area (Å²) in [6.07, 6.45) is 7.09. The fourth-order valence-corrected chi connectivity index (χ4v) is 3.02. The second-order valence-electron chi connectivity index (χ2n) is 5.93. The average Bonchev–Trinajstić information content (AvgIpc) is 2.47. The molecule has 19 heavy (non-hydrogen) atoms. The number of hydrogen-bond acceptors (Lipinski definition) is 3. The van der Waals surface area contributed by atoms with Crippen LogP contribution >= 0.6 is 0 Å². The summed E-state index contributed by atoms with van der Waals surface area (Å²) < 4.78 is 0. The maximum absolute atomic E-state index is 5.86. The first-order valence-electron chi connectivity index (χ1n) is 7.57. The Balaban J connectivity index is 2.01. The first-order chi connectivity index (χ1) is 9.10. The van der Waals surface area contributed by atoms with Crippen molar-refractivity contribution < 1.29 is 0 Å². The van der Waals surface area contributed by atoms with Crippen LogP contribution in [0.3, 0.4) is 0 Å². The van der Waals surface area contributed by atoms with Crippen LogP contribution in [-0.2, 0) is 0 Å². The number of nitrogens with two attached hydrogens (primary N) is 1. The number of nitrogens with zero attached hydrogens (tertiary/aromatic N) is 2. The highest BCUT2D eigenvalue weighted by atomic mass is 15.2. The number of piperidine rings is 1. The van der Waals surface area contributed by atoms with E-state index in [1.165, 1.54) is 25.7 Å². The minimum atomic E-state index is 0.0655. The molecule has 2 heterocycles. The molecule has 0 bridgehead atoms. The Morgan fingerprint density at radius 3 is 2.32 bits per heavy atom. The van der Waals surface area contributed by atoms with Crippen molar-refractivity contribution >= 4 is 5.82 Å². The van der Waals surface area contributed by atoms with E-state index in [-0.39, 0.29) is 6.04 Å². The largest absolute Gasteiger partial charge is 0.357 e. The van der Waals surface area contributed by atoms with Crippen LogP contribution in [0.25, 0.3) is 0 Å². The molecule has 1 aromatic rings. The smallest absolute Gasteiger partial charge is 0.128 e. The van der Waals surface area contributed by atoms with Gasteiger partial charge in [0.25, 0.3) is 0 Å². The van der Waals surface area contributed by atoms with Crippen LogP contribution in [0.4, 0.5) is 5.82 Å². The third-order valence-corrected chi connectivity index (χ3v) is 4.94. The van der Waals surface area contributed by atoms with Crippen LogP contribution in [0.15, 0.2) is 18.3 Å². The highest BCUT2D eigenvalue weighted by molar-refractivity contribution is 5.40. The van der Waals surface area contributed by atoms with Crippen molar-refractivity contribution in [2.24, 2.45) is 11.1 Å². The summed E-state index contributed by atoms with van der Waals surface area (Å²) in [4.78, 5) is 6.98. The minimum absolute atomic E-state index is 0.0655. The average molecular weight is 261 g/mol. The summed E-state index contributed by atoms with van der Waals surface area (Å²) in [7, 11) is 0. The van der Waals surface area contributed by atoms with Gasteiger partial charge in [-0.15, -0.1) is 0 Å². The summed E-state index contributed by atoms with van der Waals surface area (Å²) in [6.45, 7) is 8.91. The molecule has 0 saturated carbocycles. The van der Waals surface area contributed by atoms with Gasteiger partial charge in [0.15, 0.2) is 0 Å². The summed E-state index contributed by atoms with van der Waals surface area (Å²) in [5.74, 6) is 1.10. The van der Waals surface area contributed by atoms with Crippen molar-refractivity contribution in [1.29, 1.82) is 0 Å². The predicted molar refractivity (Wildman–Crippen MR) is 81.3 cm³/mol. The molecule has 1 saturated heterocycles. The maximum atomic E-state index is 5.86. The van der Waals surface area contributed by atoms with E-state index in [0.29, 0.717) is 5.41 Å². The molecule has 0 aromatic carbocycles. The van der Waals surface area contributed by atoms with Crippen LogP contribution in [0.5, 0.6) is 0 Å². The van der Waals surface area contributed by atoms with Crippen LogP contribution in [-0.4, -0.2) is 18.1 Å². The van der Waals surface area contributed by atoms with Gasteiger partial charge in [-0.1, -0.05) is 32.8 Å². The first-order valence-corrected chi connectivity index (χ1v) is 7.57. The van der Waals surface area contributed by atoms with Gasteiger partial charge in [-0.3, -0.25) is 0 Å². The standard InChI is InChI=1S/C16H27N3/c1-4-16(5-2)8-10-19(11-9-16)15-7-6-14(12-18-15)13(3)17/h6-7,12-13H,4-5,8-11,17H2,1-3H3/t13-/m0/s1. The highest BCUT2D eigenvalue weighted by Crippen LogP contribution is 2.38. The number of pyridine rings is 1. The number of hydrogen-bond donors (Lipinski definition) is 1. The minimum Gasteiger partial charge on any atom is -0.357 e. The lowest BCUT2D eigenvalue weighted by molar-refractivity contribution is 0.199. The van der Waals surface area contributed by atoms with Gasteiger partial charge >= 0.3 is 0 Å². The topological polar surface area (TPSA) is 42.1 Å². The van der Waals surface area contributed by atoms with Crippen molar-refractivity contribution in [2.45, 2.75) is 52.5 Å². The van der Waals surface area contributed by atoms with Crippen molar-refractivity contribution in [3.05, 3.63) is 23.9 Å². The molecule has 106 valence electrons. The van der Waals surface area contributed by atoms with Crippen LogP contribution in [0.2, 0.25) is 0 Å². The van der Waals surface area contributed by atoms with Gasteiger partial charge in [0.1, 0.15) is 5.82 Å². The second kappa shape index (κ2) is 5.91. The molecule has 0 spiro atoms. The van der Waals surface area contributed by atoms with Crippen LogP contribution in [0.1, 0.15) is 58.1 Å². The van der Waals surface area contributed by atoms with E-state index < -0.39 is 0 Å². The number of anilines is 1. The summed E-state index contributed by atoms with van der Waals surface area (Å²) >= 11 is 0. The molecular formula is C16H27N3. The number of rotatable bonds is 4. The molecule has 1 aliphatic rings. The summed E-state index contributed by atoms with van der Waals surface area (Å²) in [5.41, 5.74) is 7.54. The quantitative estimate of drug-likeness (QED) is 0.902. The Labute approximate surface area is 117 Å². The van der Waals surface area contributed by atoms with E-state index in [1.54, 1.807) is 0 Å². The van der Waals surface area contributed by atoms with Crippen molar-refractivity contribution in [1.82, 2.24) is 4.98 Å². The second-order valence-corrected chi connectivity index (χ2v) is 5.93. The molecule has 1 aromatic heterocycles. The molecule has 3 heteroatoms. The lowest BCUT2D eigenvalue weighted by atomic mass is 9.74. The fraction of sp³-hybridized carbons (Fsp3) is 0.688. The van der Waals surface area contributed by atoms with E-state index in [9.17, 15) is 0 Å². The van der Waals surface area contributed by atoms with Gasteiger partial charge in [0, 0.05) is 25.3 Å². The van der Waals surface area contributed by atoms with Gasteiger partial charge in [0.2, 0.25) is 0 Å². The monoisotopic (exact) mass is 261 g/mol. The Morgan fingerprint density at radius 2 is 1.89 bits per heavy atom. The van der Waals surface area contributed by atoms with Crippen LogP contribution in [0, 0.1) is 5.41 Å². The predicted octanol–water partition coefficient (Wildman–Crippen LogP) is 3.51. The van der Waals surface area contributed by atoms with E-state index in [4.69, 9.17) is 5.73 Å². The maximum Gasteiger partial charge on any atom is 0.128 e. The van der Waals surface area contributed by atoms with Crippen LogP contribution < -0.4 is 10.6 Å². The molecule has 0 aliphatic carbocycles. The van der Waals surface area contributed by atoms with Gasteiger partial charge in [-0.05, 0) is 36.8 Å². The molecule has 0 unspecified atom stereocenters. The fourth-order valence-electron chi connectivity index (χ4n) is 3.02. The van der Waals surface area contributed by atoms with E-state index in [0.717, 1.165) is 24.5 Å². The zero-order valence-electron chi connectivity index (χ0n) is 12.5. The summed E-state index contributed by atoms with van der Waals surface area (Å²) in [6, 6.07) is 4.29. The third kappa shape index (κ3) is 3.08. The SMILES string of the molecule is CCC1(CC)CCN(c2ccc([C@H](C)N)cn2)CC1.